The van der Waals surface area contributed by atoms with Crippen molar-refractivity contribution in [1.29, 1.82) is 0 Å². The lowest BCUT2D eigenvalue weighted by molar-refractivity contribution is -0.134. The van der Waals surface area contributed by atoms with E-state index in [1.807, 2.05) is 6.92 Å². The van der Waals surface area contributed by atoms with Crippen molar-refractivity contribution in [3.63, 3.8) is 0 Å². The third-order valence-electron chi connectivity index (χ3n) is 6.88. The van der Waals surface area contributed by atoms with Gasteiger partial charge in [0.1, 0.15) is 17.4 Å². The molecule has 0 aromatic heterocycles. The second kappa shape index (κ2) is 15.2. The summed E-state index contributed by atoms with van der Waals surface area (Å²) < 4.78 is 63.3. The van der Waals surface area contributed by atoms with E-state index in [4.69, 9.17) is 16.3 Å². The topological polar surface area (TPSA) is 66.9 Å². The molecular formula is C31H37ClF2N2O4S. The standard InChI is InChI=1S/C31H37ClF2N2O4S/c1-4-6-10-23(5-2)31(37)35(3)19-9-20-40-30-12-8-7-11-24(30)22-36(29-21-26(33)15-18-28(29)34)41(38,39)27-16-13-25(32)14-17-27/h7-8,11-18,21,23H,4-6,9-10,19-20,22H2,1-3H3. The third-order valence-corrected chi connectivity index (χ3v) is 8.91. The van der Waals surface area contributed by atoms with Gasteiger partial charge in [0.25, 0.3) is 10.0 Å². The van der Waals surface area contributed by atoms with Crippen LogP contribution in [0.3, 0.4) is 0 Å². The smallest absolute Gasteiger partial charge is 0.264 e. The van der Waals surface area contributed by atoms with Gasteiger partial charge in [-0.1, -0.05) is 56.5 Å². The fourth-order valence-corrected chi connectivity index (χ4v) is 6.07. The molecule has 0 aliphatic rings. The molecule has 0 radical (unpaired) electrons. The molecule has 3 aromatic rings. The average molecular weight is 607 g/mol. The van der Waals surface area contributed by atoms with Crippen molar-refractivity contribution in [3.05, 3.63) is 89.0 Å². The summed E-state index contributed by atoms with van der Waals surface area (Å²) in [5.74, 6) is -1.12. The fourth-order valence-electron chi connectivity index (χ4n) is 4.50. The molecule has 1 unspecified atom stereocenters. The van der Waals surface area contributed by atoms with E-state index in [2.05, 4.69) is 6.92 Å². The first-order valence-corrected chi connectivity index (χ1v) is 15.6. The molecule has 0 saturated heterocycles. The molecule has 0 aliphatic heterocycles. The molecule has 0 N–H and O–H groups in total. The van der Waals surface area contributed by atoms with Gasteiger partial charge in [-0.2, -0.15) is 0 Å². The summed E-state index contributed by atoms with van der Waals surface area (Å²) >= 11 is 5.94. The van der Waals surface area contributed by atoms with Crippen LogP contribution in [0.25, 0.3) is 0 Å². The van der Waals surface area contributed by atoms with Gasteiger partial charge in [0, 0.05) is 36.2 Å². The zero-order chi connectivity index (χ0) is 30.0. The van der Waals surface area contributed by atoms with Crippen molar-refractivity contribution in [2.45, 2.75) is 57.4 Å². The lowest BCUT2D eigenvalue weighted by atomic mass is 9.98. The van der Waals surface area contributed by atoms with E-state index in [1.165, 1.54) is 24.3 Å². The molecule has 222 valence electrons. The van der Waals surface area contributed by atoms with E-state index in [-0.39, 0.29) is 29.9 Å². The highest BCUT2D eigenvalue weighted by Gasteiger charge is 2.29. The quantitative estimate of drug-likeness (QED) is 0.168. The third kappa shape index (κ3) is 8.66. The number of rotatable bonds is 15. The molecule has 0 aliphatic carbocycles. The van der Waals surface area contributed by atoms with Crippen LogP contribution in [0.15, 0.2) is 71.6 Å². The number of sulfonamides is 1. The zero-order valence-electron chi connectivity index (χ0n) is 23.7. The summed E-state index contributed by atoms with van der Waals surface area (Å²) in [5.41, 5.74) is 0.0344. The van der Waals surface area contributed by atoms with Crippen LogP contribution in [0, 0.1) is 17.6 Å². The molecule has 0 fully saturated rings. The maximum atomic E-state index is 14.9. The molecule has 0 saturated carbocycles. The summed E-state index contributed by atoms with van der Waals surface area (Å²) in [4.78, 5) is 14.4. The average Bonchev–Trinajstić information content (AvgIpc) is 2.96. The highest BCUT2D eigenvalue weighted by atomic mass is 35.5. The normalized spacial score (nSPS) is 12.1. The maximum Gasteiger partial charge on any atom is 0.264 e. The van der Waals surface area contributed by atoms with E-state index in [9.17, 15) is 22.0 Å². The Labute approximate surface area is 246 Å². The van der Waals surface area contributed by atoms with Crippen LogP contribution in [0.5, 0.6) is 5.75 Å². The van der Waals surface area contributed by atoms with Crippen LogP contribution in [-0.4, -0.2) is 39.4 Å². The lowest BCUT2D eigenvalue weighted by Gasteiger charge is -2.26. The van der Waals surface area contributed by atoms with Crippen LogP contribution < -0.4 is 9.04 Å². The molecule has 0 bridgehead atoms. The van der Waals surface area contributed by atoms with Crippen molar-refractivity contribution in [2.75, 3.05) is 24.5 Å². The number of carbonyl (C=O) groups is 1. The number of benzene rings is 3. The molecule has 3 aromatic carbocycles. The van der Waals surface area contributed by atoms with Gasteiger partial charge in [-0.05, 0) is 61.7 Å². The molecule has 41 heavy (non-hydrogen) atoms. The summed E-state index contributed by atoms with van der Waals surface area (Å²) in [6.45, 7) is 4.61. The van der Waals surface area contributed by atoms with Gasteiger partial charge in [-0.15, -0.1) is 0 Å². The van der Waals surface area contributed by atoms with Gasteiger partial charge in [0.15, 0.2) is 0 Å². The van der Waals surface area contributed by atoms with Crippen LogP contribution >= 0.6 is 11.6 Å². The van der Waals surface area contributed by atoms with Crippen molar-refractivity contribution in [1.82, 2.24) is 4.90 Å². The number of carbonyl (C=O) groups excluding carboxylic acids is 1. The molecule has 3 rings (SSSR count). The molecular weight excluding hydrogens is 570 g/mol. The van der Waals surface area contributed by atoms with Gasteiger partial charge >= 0.3 is 0 Å². The minimum atomic E-state index is -4.32. The Balaban J connectivity index is 1.79. The van der Waals surface area contributed by atoms with E-state index in [1.54, 1.807) is 36.2 Å². The lowest BCUT2D eigenvalue weighted by Crippen LogP contribution is -2.34. The summed E-state index contributed by atoms with van der Waals surface area (Å²) in [7, 11) is -2.53. The second-order valence-electron chi connectivity index (χ2n) is 9.88. The number of halogens is 3. The van der Waals surface area contributed by atoms with Crippen LogP contribution in [0.4, 0.5) is 14.5 Å². The minimum absolute atomic E-state index is 0.0124. The Hall–Kier alpha value is -3.17. The number of hydrogen-bond donors (Lipinski definition) is 0. The number of unbranched alkanes of at least 4 members (excludes halogenated alkanes) is 1. The molecule has 10 heteroatoms. The number of anilines is 1. The van der Waals surface area contributed by atoms with Gasteiger partial charge in [0.2, 0.25) is 5.91 Å². The van der Waals surface area contributed by atoms with Crippen LogP contribution in [0.2, 0.25) is 5.02 Å². The van der Waals surface area contributed by atoms with Crippen molar-refractivity contribution < 1.29 is 26.7 Å². The highest BCUT2D eigenvalue weighted by Crippen LogP contribution is 2.32. The Bertz CT molecular complexity index is 1400. The summed E-state index contributed by atoms with van der Waals surface area (Å²) in [6, 6.07) is 14.9. The fraction of sp³-hybridized carbons (Fsp3) is 0.387. The molecule has 1 atom stereocenters. The molecule has 0 spiro atoms. The van der Waals surface area contributed by atoms with E-state index in [0.717, 1.165) is 48.2 Å². The minimum Gasteiger partial charge on any atom is -0.493 e. The maximum absolute atomic E-state index is 14.9. The van der Waals surface area contributed by atoms with Gasteiger partial charge in [0.05, 0.1) is 23.7 Å². The molecule has 6 nitrogen and oxygen atoms in total. The molecule has 0 heterocycles. The van der Waals surface area contributed by atoms with Crippen molar-refractivity contribution in [2.24, 2.45) is 5.92 Å². The Kier molecular flexibility index (Phi) is 12.0. The van der Waals surface area contributed by atoms with E-state index < -0.39 is 27.3 Å². The SMILES string of the molecule is CCCCC(CC)C(=O)N(C)CCCOc1ccccc1CN(c1cc(F)ccc1F)S(=O)(=O)c1ccc(Cl)cc1. The largest absolute Gasteiger partial charge is 0.493 e. The van der Waals surface area contributed by atoms with Crippen molar-refractivity contribution in [3.8, 4) is 5.75 Å². The van der Waals surface area contributed by atoms with E-state index >= 15 is 0 Å². The number of nitrogens with zero attached hydrogens (tertiary/aromatic N) is 2. The highest BCUT2D eigenvalue weighted by molar-refractivity contribution is 7.92. The predicted molar refractivity (Wildman–Crippen MR) is 159 cm³/mol. The predicted octanol–water partition coefficient (Wildman–Crippen LogP) is 7.46. The second-order valence-corrected chi connectivity index (χ2v) is 12.2. The van der Waals surface area contributed by atoms with Crippen LogP contribution in [0.1, 0.15) is 51.5 Å². The van der Waals surface area contributed by atoms with Gasteiger partial charge in [-0.3, -0.25) is 9.10 Å². The summed E-state index contributed by atoms with van der Waals surface area (Å²) in [5, 5.41) is 0.338. The molecule has 1 amide bonds. The first-order valence-electron chi connectivity index (χ1n) is 13.8. The zero-order valence-corrected chi connectivity index (χ0v) is 25.2. The van der Waals surface area contributed by atoms with Gasteiger partial charge in [-0.25, -0.2) is 17.2 Å². The van der Waals surface area contributed by atoms with Crippen molar-refractivity contribution >= 4 is 33.2 Å². The Morgan fingerprint density at radius 3 is 2.39 bits per heavy atom. The number of hydrogen-bond acceptors (Lipinski definition) is 4. The number of para-hydroxylation sites is 1. The van der Waals surface area contributed by atoms with Crippen LogP contribution in [-0.2, 0) is 21.4 Å². The Morgan fingerprint density at radius 1 is 1.00 bits per heavy atom. The number of ether oxygens (including phenoxy) is 1. The monoisotopic (exact) mass is 606 g/mol. The Morgan fingerprint density at radius 2 is 1.71 bits per heavy atom. The first kappa shape index (κ1) is 32.3. The first-order chi connectivity index (χ1) is 19.6. The van der Waals surface area contributed by atoms with Gasteiger partial charge < -0.3 is 9.64 Å². The number of amides is 1. The van der Waals surface area contributed by atoms with E-state index in [0.29, 0.717) is 29.3 Å². The summed E-state index contributed by atoms with van der Waals surface area (Å²) in [6.07, 6.45) is 4.30.